The summed E-state index contributed by atoms with van der Waals surface area (Å²) in [4.78, 5) is 46.4. The Morgan fingerprint density at radius 1 is 1.13 bits per heavy atom. The SMILES string of the molecule is C=CCN1C(=O)[C@]2(C(=C(O)c3ccc(C)c(F)c3)C(=O)C(=O)N2CCCN2CCOCC2)c2ccccc21. The molecule has 0 aliphatic carbocycles. The Morgan fingerprint density at radius 3 is 2.58 bits per heavy atom. The molecule has 38 heavy (non-hydrogen) atoms. The van der Waals surface area contributed by atoms with Gasteiger partial charge in [0.05, 0.1) is 24.5 Å². The van der Waals surface area contributed by atoms with Crippen molar-refractivity contribution in [2.45, 2.75) is 18.9 Å². The Labute approximate surface area is 220 Å². The fourth-order valence-corrected chi connectivity index (χ4v) is 5.64. The van der Waals surface area contributed by atoms with Crippen molar-refractivity contribution in [3.63, 3.8) is 0 Å². The molecule has 0 bridgehead atoms. The molecular weight excluding hydrogens is 489 g/mol. The number of amides is 2. The third kappa shape index (κ3) is 3.93. The molecule has 2 aromatic rings. The van der Waals surface area contributed by atoms with Crippen molar-refractivity contribution in [3.8, 4) is 0 Å². The van der Waals surface area contributed by atoms with Crippen LogP contribution in [0.3, 0.4) is 0 Å². The van der Waals surface area contributed by atoms with Crippen molar-refractivity contribution >= 4 is 29.0 Å². The number of aliphatic hydroxyl groups excluding tert-OH is 1. The lowest BCUT2D eigenvalue weighted by atomic mass is 9.81. The van der Waals surface area contributed by atoms with Crippen LogP contribution in [-0.4, -0.2) is 78.4 Å². The summed E-state index contributed by atoms with van der Waals surface area (Å²) < 4.78 is 19.9. The van der Waals surface area contributed by atoms with E-state index < -0.39 is 34.7 Å². The van der Waals surface area contributed by atoms with Gasteiger partial charge in [-0.1, -0.05) is 36.4 Å². The molecular formula is C29H30FN3O5. The van der Waals surface area contributed by atoms with Crippen molar-refractivity contribution in [3.05, 3.63) is 83.2 Å². The molecule has 198 valence electrons. The van der Waals surface area contributed by atoms with Crippen molar-refractivity contribution < 1.29 is 28.6 Å². The van der Waals surface area contributed by atoms with E-state index in [4.69, 9.17) is 4.74 Å². The summed E-state index contributed by atoms with van der Waals surface area (Å²) in [7, 11) is 0. The number of carbonyl (C=O) groups is 3. The molecule has 3 aliphatic heterocycles. The highest BCUT2D eigenvalue weighted by atomic mass is 19.1. The first-order chi connectivity index (χ1) is 18.3. The first-order valence-corrected chi connectivity index (χ1v) is 12.7. The number of likely N-dealkylation sites (tertiary alicyclic amines) is 1. The van der Waals surface area contributed by atoms with E-state index in [9.17, 15) is 23.9 Å². The molecule has 1 atom stereocenters. The average molecular weight is 520 g/mol. The second-order valence-corrected chi connectivity index (χ2v) is 9.71. The van der Waals surface area contributed by atoms with Crippen LogP contribution in [0.25, 0.3) is 5.76 Å². The van der Waals surface area contributed by atoms with Gasteiger partial charge in [-0.15, -0.1) is 6.58 Å². The molecule has 2 fully saturated rings. The second kappa shape index (κ2) is 10.2. The Morgan fingerprint density at radius 2 is 1.87 bits per heavy atom. The Balaban J connectivity index is 1.67. The number of ketones is 1. The number of anilines is 1. The van der Waals surface area contributed by atoms with Crippen molar-refractivity contribution in [1.82, 2.24) is 9.80 Å². The van der Waals surface area contributed by atoms with Gasteiger partial charge in [0.1, 0.15) is 11.6 Å². The number of aryl methyl sites for hydroxylation is 1. The minimum absolute atomic E-state index is 0.0197. The van der Waals surface area contributed by atoms with Crippen LogP contribution in [0.5, 0.6) is 0 Å². The number of halogens is 1. The average Bonchev–Trinajstić information content (AvgIpc) is 3.30. The molecule has 0 saturated carbocycles. The van der Waals surface area contributed by atoms with Gasteiger partial charge >= 0.3 is 0 Å². The molecule has 3 heterocycles. The predicted molar refractivity (Wildman–Crippen MR) is 140 cm³/mol. The highest BCUT2D eigenvalue weighted by Crippen LogP contribution is 2.53. The molecule has 5 rings (SSSR count). The molecule has 0 aromatic heterocycles. The van der Waals surface area contributed by atoms with Crippen molar-refractivity contribution in [2.75, 3.05) is 50.8 Å². The molecule has 0 radical (unpaired) electrons. The zero-order chi connectivity index (χ0) is 27.0. The molecule has 2 saturated heterocycles. The fourth-order valence-electron chi connectivity index (χ4n) is 5.64. The molecule has 3 aliphatic rings. The Bertz CT molecular complexity index is 1350. The van der Waals surface area contributed by atoms with Crippen LogP contribution in [0.15, 0.2) is 60.7 Å². The summed E-state index contributed by atoms with van der Waals surface area (Å²) in [5.74, 6) is -3.53. The first kappa shape index (κ1) is 25.8. The van der Waals surface area contributed by atoms with Crippen LogP contribution in [0, 0.1) is 12.7 Å². The van der Waals surface area contributed by atoms with Crippen LogP contribution in [0.1, 0.15) is 23.1 Å². The van der Waals surface area contributed by atoms with Gasteiger partial charge < -0.3 is 19.6 Å². The van der Waals surface area contributed by atoms with Gasteiger partial charge in [-0.05, 0) is 31.0 Å². The van der Waals surface area contributed by atoms with E-state index in [2.05, 4.69) is 11.5 Å². The van der Waals surface area contributed by atoms with Crippen LogP contribution in [-0.2, 0) is 24.7 Å². The normalized spacial score (nSPS) is 22.9. The summed E-state index contributed by atoms with van der Waals surface area (Å²) >= 11 is 0. The van der Waals surface area contributed by atoms with E-state index in [1.54, 1.807) is 37.3 Å². The predicted octanol–water partition coefficient (Wildman–Crippen LogP) is 2.96. The maximum Gasteiger partial charge on any atom is 0.296 e. The van der Waals surface area contributed by atoms with Crippen LogP contribution < -0.4 is 4.90 Å². The highest BCUT2D eigenvalue weighted by molar-refractivity contribution is 6.50. The van der Waals surface area contributed by atoms with Gasteiger partial charge in [0.15, 0.2) is 5.54 Å². The number of hydrogen-bond donors (Lipinski definition) is 1. The number of ether oxygens (including phenoxy) is 1. The number of carbonyl (C=O) groups excluding carboxylic acids is 3. The molecule has 2 amide bonds. The first-order valence-electron chi connectivity index (χ1n) is 12.7. The highest BCUT2D eigenvalue weighted by Gasteiger charge is 2.66. The lowest BCUT2D eigenvalue weighted by Gasteiger charge is -2.35. The molecule has 0 unspecified atom stereocenters. The van der Waals surface area contributed by atoms with Gasteiger partial charge in [-0.2, -0.15) is 0 Å². The molecule has 1 N–H and O–H groups in total. The monoisotopic (exact) mass is 519 g/mol. The Kier molecular flexibility index (Phi) is 6.90. The van der Waals surface area contributed by atoms with Crippen LogP contribution >= 0.6 is 0 Å². The maximum atomic E-state index is 14.5. The van der Waals surface area contributed by atoms with Gasteiger partial charge in [0.25, 0.3) is 17.6 Å². The lowest BCUT2D eigenvalue weighted by Crippen LogP contribution is -2.52. The number of rotatable bonds is 7. The molecule has 8 nitrogen and oxygen atoms in total. The van der Waals surface area contributed by atoms with Crippen LogP contribution in [0.4, 0.5) is 10.1 Å². The van der Waals surface area contributed by atoms with E-state index in [1.807, 2.05) is 0 Å². The minimum Gasteiger partial charge on any atom is -0.507 e. The van der Waals surface area contributed by atoms with Gasteiger partial charge in [0.2, 0.25) is 0 Å². The summed E-state index contributed by atoms with van der Waals surface area (Å²) in [6.45, 7) is 9.02. The zero-order valence-electron chi connectivity index (χ0n) is 21.3. The van der Waals surface area contributed by atoms with Crippen LogP contribution in [0.2, 0.25) is 0 Å². The summed E-state index contributed by atoms with van der Waals surface area (Å²) in [5, 5.41) is 11.5. The third-order valence-electron chi connectivity index (χ3n) is 7.53. The topological polar surface area (TPSA) is 90.4 Å². The fraction of sp³-hybridized carbons (Fsp3) is 0.345. The smallest absolute Gasteiger partial charge is 0.296 e. The van der Waals surface area contributed by atoms with Gasteiger partial charge in [-0.25, -0.2) is 4.39 Å². The van der Waals surface area contributed by atoms with E-state index in [-0.39, 0.29) is 24.2 Å². The standard InChI is InChI=1S/C29H30FN3O5/c1-3-11-32-23-8-5-4-7-21(23)29(28(32)37)24(25(34)20-10-9-19(2)22(30)18-20)26(35)27(36)33(29)13-6-12-31-14-16-38-17-15-31/h3-5,7-10,18,34H,1,6,11-17H2,2H3/t29-/m1/s1. The Hall–Kier alpha value is -3.82. The number of aliphatic hydroxyl groups is 1. The number of Topliss-reactive ketones (excluding diaryl/α,β-unsaturated/α-hetero) is 1. The number of benzene rings is 2. The second-order valence-electron chi connectivity index (χ2n) is 9.71. The quantitative estimate of drug-likeness (QED) is 0.262. The molecule has 2 aromatic carbocycles. The number of fused-ring (bicyclic) bond motifs is 2. The minimum atomic E-state index is -1.87. The summed E-state index contributed by atoms with van der Waals surface area (Å²) in [6.07, 6.45) is 2.07. The lowest BCUT2D eigenvalue weighted by molar-refractivity contribution is -0.143. The van der Waals surface area contributed by atoms with Crippen molar-refractivity contribution in [1.29, 1.82) is 0 Å². The summed E-state index contributed by atoms with van der Waals surface area (Å²) in [6, 6.07) is 11.0. The number of hydrogen-bond acceptors (Lipinski definition) is 6. The largest absolute Gasteiger partial charge is 0.507 e. The number of morpholine rings is 1. The number of para-hydroxylation sites is 1. The zero-order valence-corrected chi connectivity index (χ0v) is 21.3. The molecule has 1 spiro atoms. The van der Waals surface area contributed by atoms with Crippen molar-refractivity contribution in [2.24, 2.45) is 0 Å². The molecule has 9 heteroatoms. The van der Waals surface area contributed by atoms with E-state index in [0.29, 0.717) is 43.0 Å². The van der Waals surface area contributed by atoms with Gasteiger partial charge in [0, 0.05) is 43.9 Å². The van der Waals surface area contributed by atoms with Gasteiger partial charge in [-0.3, -0.25) is 19.3 Å². The van der Waals surface area contributed by atoms with E-state index >= 15 is 0 Å². The van der Waals surface area contributed by atoms with E-state index in [1.165, 1.54) is 21.9 Å². The summed E-state index contributed by atoms with van der Waals surface area (Å²) in [5.41, 5.74) is -0.888. The van der Waals surface area contributed by atoms with E-state index in [0.717, 1.165) is 19.2 Å². The maximum absolute atomic E-state index is 14.5. The third-order valence-corrected chi connectivity index (χ3v) is 7.53. The number of nitrogens with zero attached hydrogens (tertiary/aromatic N) is 3.